The molecule has 2 aromatic rings. The molecule has 21 heavy (non-hydrogen) atoms. The third kappa shape index (κ3) is 4.53. The van der Waals surface area contributed by atoms with Gasteiger partial charge in [0.15, 0.2) is 4.34 Å². The van der Waals surface area contributed by atoms with E-state index in [9.17, 15) is 0 Å². The van der Waals surface area contributed by atoms with Crippen LogP contribution in [0, 0.1) is 0 Å². The zero-order valence-corrected chi connectivity index (χ0v) is 14.4. The van der Waals surface area contributed by atoms with Gasteiger partial charge in [0.2, 0.25) is 5.13 Å². The van der Waals surface area contributed by atoms with Gasteiger partial charge in [-0.2, -0.15) is 0 Å². The second-order valence-electron chi connectivity index (χ2n) is 4.64. The fraction of sp³-hybridized carbons (Fsp3) is 0.538. The molecule has 0 aliphatic heterocycles. The molecule has 0 atom stereocenters. The van der Waals surface area contributed by atoms with Crippen LogP contribution in [0.15, 0.2) is 15.4 Å². The molecule has 0 unspecified atom stereocenters. The van der Waals surface area contributed by atoms with E-state index in [1.54, 1.807) is 11.3 Å². The third-order valence-electron chi connectivity index (χ3n) is 2.59. The van der Waals surface area contributed by atoms with E-state index >= 15 is 0 Å². The third-order valence-corrected chi connectivity index (χ3v) is 4.65. The predicted molar refractivity (Wildman–Crippen MR) is 88.5 cm³/mol. The van der Waals surface area contributed by atoms with Crippen molar-refractivity contribution in [3.05, 3.63) is 11.9 Å². The molecule has 0 bridgehead atoms. The van der Waals surface area contributed by atoms with Gasteiger partial charge < -0.3 is 10.2 Å². The van der Waals surface area contributed by atoms with Crippen molar-refractivity contribution in [1.29, 1.82) is 0 Å². The molecule has 0 radical (unpaired) electrons. The largest absolute Gasteiger partial charge is 0.370 e. The summed E-state index contributed by atoms with van der Waals surface area (Å²) in [4.78, 5) is 11.0. The first-order chi connectivity index (χ1) is 10.1. The van der Waals surface area contributed by atoms with Crippen molar-refractivity contribution in [2.24, 2.45) is 0 Å². The summed E-state index contributed by atoms with van der Waals surface area (Å²) in [6, 6.07) is 1.97. The van der Waals surface area contributed by atoms with E-state index in [1.807, 2.05) is 25.1 Å². The normalized spacial score (nSPS) is 10.7. The topological polar surface area (TPSA) is 66.8 Å². The average molecular weight is 324 g/mol. The number of hydrogen-bond acceptors (Lipinski definition) is 8. The van der Waals surface area contributed by atoms with E-state index in [0.717, 1.165) is 45.5 Å². The maximum Gasteiger partial charge on any atom is 0.208 e. The number of aromatic nitrogens is 4. The highest BCUT2D eigenvalue weighted by atomic mass is 32.2. The van der Waals surface area contributed by atoms with Crippen molar-refractivity contribution in [2.45, 2.75) is 36.1 Å². The van der Waals surface area contributed by atoms with Crippen molar-refractivity contribution in [3.8, 4) is 0 Å². The second-order valence-corrected chi connectivity index (χ2v) is 6.86. The molecule has 0 amide bonds. The van der Waals surface area contributed by atoms with Crippen LogP contribution >= 0.6 is 23.1 Å². The monoisotopic (exact) mass is 324 g/mol. The van der Waals surface area contributed by atoms with E-state index in [1.165, 1.54) is 11.8 Å². The van der Waals surface area contributed by atoms with E-state index in [0.29, 0.717) is 0 Å². The Hall–Kier alpha value is -1.41. The van der Waals surface area contributed by atoms with Crippen LogP contribution in [-0.2, 0) is 6.42 Å². The first-order valence-corrected chi connectivity index (χ1v) is 8.56. The van der Waals surface area contributed by atoms with E-state index < -0.39 is 0 Å². The minimum absolute atomic E-state index is 0.814. The summed E-state index contributed by atoms with van der Waals surface area (Å²) in [5.74, 6) is 1.72. The number of nitrogens with zero attached hydrogens (tertiary/aromatic N) is 5. The number of aryl methyl sites for hydroxylation is 1. The van der Waals surface area contributed by atoms with Gasteiger partial charge in [-0.15, -0.1) is 10.2 Å². The lowest BCUT2D eigenvalue weighted by atomic mass is 10.4. The van der Waals surface area contributed by atoms with Crippen LogP contribution in [-0.4, -0.2) is 40.8 Å². The Labute approximate surface area is 133 Å². The van der Waals surface area contributed by atoms with Crippen LogP contribution in [0.4, 0.5) is 10.9 Å². The molecule has 0 saturated carbocycles. The highest BCUT2D eigenvalue weighted by molar-refractivity contribution is 8.01. The van der Waals surface area contributed by atoms with Crippen molar-refractivity contribution >= 4 is 34.0 Å². The molecule has 0 spiro atoms. The number of nitrogens with one attached hydrogen (secondary N) is 1. The fourth-order valence-corrected chi connectivity index (χ4v) is 3.27. The Balaban J connectivity index is 2.17. The molecule has 8 heteroatoms. The molecule has 2 aromatic heterocycles. The van der Waals surface area contributed by atoms with Crippen molar-refractivity contribution in [2.75, 3.05) is 30.9 Å². The van der Waals surface area contributed by atoms with Crippen molar-refractivity contribution in [1.82, 2.24) is 20.2 Å². The summed E-state index contributed by atoms with van der Waals surface area (Å²) < 4.78 is 0.890. The molecule has 0 fully saturated rings. The zero-order valence-electron chi connectivity index (χ0n) is 12.8. The first-order valence-electron chi connectivity index (χ1n) is 6.92. The van der Waals surface area contributed by atoms with E-state index in [2.05, 4.69) is 39.3 Å². The maximum absolute atomic E-state index is 4.55. The molecule has 1 N–H and O–H groups in total. The van der Waals surface area contributed by atoms with Crippen LogP contribution in [0.5, 0.6) is 0 Å². The quantitative estimate of drug-likeness (QED) is 0.785. The second kappa shape index (κ2) is 7.56. The lowest BCUT2D eigenvalue weighted by molar-refractivity contribution is 0.876. The SMILES string of the molecule is CCCNc1cc(Sc2nnc(N(C)C)s2)nc(CC)n1. The lowest BCUT2D eigenvalue weighted by Crippen LogP contribution is -2.07. The van der Waals surface area contributed by atoms with Gasteiger partial charge in [-0.3, -0.25) is 0 Å². The predicted octanol–water partition coefficient (Wildman–Crippen LogP) is 2.93. The van der Waals surface area contributed by atoms with E-state index in [4.69, 9.17) is 0 Å². The summed E-state index contributed by atoms with van der Waals surface area (Å²) in [5.41, 5.74) is 0. The molecule has 0 aromatic carbocycles. The highest BCUT2D eigenvalue weighted by Gasteiger charge is 2.10. The summed E-state index contributed by atoms with van der Waals surface area (Å²) in [7, 11) is 3.92. The maximum atomic E-state index is 4.55. The molecule has 2 rings (SSSR count). The van der Waals surface area contributed by atoms with Gasteiger partial charge in [0.05, 0.1) is 0 Å². The van der Waals surface area contributed by atoms with Crippen LogP contribution in [0.1, 0.15) is 26.1 Å². The molecule has 2 heterocycles. The summed E-state index contributed by atoms with van der Waals surface area (Å²) in [5, 5.41) is 13.4. The standard InChI is InChI=1S/C13H20N6S2/c1-5-7-14-10-8-11(16-9(6-2)15-10)20-13-18-17-12(21-13)19(3)4/h8H,5-7H2,1-4H3,(H,14,15,16). The minimum atomic E-state index is 0.814. The van der Waals surface area contributed by atoms with Crippen molar-refractivity contribution in [3.63, 3.8) is 0 Å². The van der Waals surface area contributed by atoms with Crippen LogP contribution in [0.25, 0.3) is 0 Å². The first kappa shape index (κ1) is 16.0. The molecular weight excluding hydrogens is 304 g/mol. The summed E-state index contributed by atoms with van der Waals surface area (Å²) in [6.45, 7) is 5.10. The lowest BCUT2D eigenvalue weighted by Gasteiger charge is -2.07. The Kier molecular flexibility index (Phi) is 5.75. The number of rotatable bonds is 7. The van der Waals surface area contributed by atoms with Crippen LogP contribution < -0.4 is 10.2 Å². The molecule has 0 aliphatic rings. The molecular formula is C13H20N6S2. The Bertz CT molecular complexity index is 584. The van der Waals surface area contributed by atoms with Gasteiger partial charge in [-0.25, -0.2) is 9.97 Å². The van der Waals surface area contributed by atoms with Gasteiger partial charge in [0.25, 0.3) is 0 Å². The fourth-order valence-electron chi connectivity index (χ4n) is 1.54. The van der Waals surface area contributed by atoms with Gasteiger partial charge in [0, 0.05) is 33.1 Å². The van der Waals surface area contributed by atoms with E-state index in [-0.39, 0.29) is 0 Å². The summed E-state index contributed by atoms with van der Waals surface area (Å²) >= 11 is 3.09. The van der Waals surface area contributed by atoms with Crippen molar-refractivity contribution < 1.29 is 0 Å². The van der Waals surface area contributed by atoms with Gasteiger partial charge in [-0.1, -0.05) is 25.2 Å². The van der Waals surface area contributed by atoms with Gasteiger partial charge in [-0.05, 0) is 18.2 Å². The number of hydrogen-bond donors (Lipinski definition) is 1. The molecule has 114 valence electrons. The highest BCUT2D eigenvalue weighted by Crippen LogP contribution is 2.32. The smallest absolute Gasteiger partial charge is 0.208 e. The van der Waals surface area contributed by atoms with Gasteiger partial charge in [0.1, 0.15) is 16.7 Å². The average Bonchev–Trinajstić information content (AvgIpc) is 2.93. The van der Waals surface area contributed by atoms with Crippen LogP contribution in [0.3, 0.4) is 0 Å². The Morgan fingerprint density at radius 3 is 2.67 bits per heavy atom. The molecule has 6 nitrogen and oxygen atoms in total. The minimum Gasteiger partial charge on any atom is -0.370 e. The Morgan fingerprint density at radius 1 is 1.24 bits per heavy atom. The van der Waals surface area contributed by atoms with Crippen LogP contribution in [0.2, 0.25) is 0 Å². The molecule has 0 saturated heterocycles. The number of anilines is 2. The Morgan fingerprint density at radius 2 is 2.05 bits per heavy atom. The van der Waals surface area contributed by atoms with Gasteiger partial charge >= 0.3 is 0 Å². The zero-order chi connectivity index (χ0) is 15.2. The summed E-state index contributed by atoms with van der Waals surface area (Å²) in [6.07, 6.45) is 1.88. The molecule has 0 aliphatic carbocycles.